The number of benzene rings is 1. The molecule has 1 saturated carbocycles. The molecular formula is C17H24N2O3. The summed E-state index contributed by atoms with van der Waals surface area (Å²) in [5, 5.41) is 12.5. The summed E-state index contributed by atoms with van der Waals surface area (Å²) < 4.78 is 0. The highest BCUT2D eigenvalue weighted by Gasteiger charge is 2.39. The van der Waals surface area contributed by atoms with Gasteiger partial charge in [-0.25, -0.2) is 0 Å². The van der Waals surface area contributed by atoms with E-state index in [1.165, 1.54) is 4.90 Å². The van der Waals surface area contributed by atoms with Crippen molar-refractivity contribution >= 4 is 11.8 Å². The first-order valence-electron chi connectivity index (χ1n) is 7.67. The molecule has 2 rings (SSSR count). The number of hydrogen-bond donors (Lipinski definition) is 2. The van der Waals surface area contributed by atoms with Crippen molar-refractivity contribution in [3.05, 3.63) is 35.9 Å². The van der Waals surface area contributed by atoms with Crippen LogP contribution < -0.4 is 5.32 Å². The molecule has 0 spiro atoms. The van der Waals surface area contributed by atoms with Gasteiger partial charge in [-0.15, -0.1) is 0 Å². The Labute approximate surface area is 131 Å². The molecule has 5 heteroatoms. The summed E-state index contributed by atoms with van der Waals surface area (Å²) in [5.74, 6) is -0.356. The molecule has 2 N–H and O–H groups in total. The minimum absolute atomic E-state index is 0.0196. The van der Waals surface area contributed by atoms with Crippen LogP contribution in [0.2, 0.25) is 0 Å². The quantitative estimate of drug-likeness (QED) is 0.864. The molecule has 5 nitrogen and oxygen atoms in total. The SMILES string of the molecule is CN(CC(=O)NC1CCCC1(C)CO)C(=O)c1ccccc1. The van der Waals surface area contributed by atoms with E-state index in [9.17, 15) is 14.7 Å². The Hall–Kier alpha value is -1.88. The summed E-state index contributed by atoms with van der Waals surface area (Å²) in [6.45, 7) is 2.08. The molecule has 1 aliphatic rings. The van der Waals surface area contributed by atoms with Crippen LogP contribution in [0.1, 0.15) is 36.5 Å². The highest BCUT2D eigenvalue weighted by molar-refractivity contribution is 5.96. The van der Waals surface area contributed by atoms with Gasteiger partial charge in [0, 0.05) is 24.1 Å². The van der Waals surface area contributed by atoms with Crippen molar-refractivity contribution in [1.82, 2.24) is 10.2 Å². The van der Waals surface area contributed by atoms with Gasteiger partial charge in [0.2, 0.25) is 5.91 Å². The molecule has 2 atom stereocenters. The molecule has 120 valence electrons. The number of nitrogens with zero attached hydrogens (tertiary/aromatic N) is 1. The Morgan fingerprint density at radius 3 is 2.68 bits per heavy atom. The molecule has 2 unspecified atom stereocenters. The fourth-order valence-corrected chi connectivity index (χ4v) is 3.00. The summed E-state index contributed by atoms with van der Waals surface area (Å²) >= 11 is 0. The zero-order valence-corrected chi connectivity index (χ0v) is 13.2. The van der Waals surface area contributed by atoms with Gasteiger partial charge in [0.15, 0.2) is 0 Å². The van der Waals surface area contributed by atoms with Gasteiger partial charge in [-0.2, -0.15) is 0 Å². The maximum absolute atomic E-state index is 12.2. The summed E-state index contributed by atoms with van der Waals surface area (Å²) in [5.41, 5.74) is 0.316. The highest BCUT2D eigenvalue weighted by atomic mass is 16.3. The van der Waals surface area contributed by atoms with Gasteiger partial charge in [0.05, 0.1) is 13.2 Å². The maximum atomic E-state index is 12.2. The number of rotatable bonds is 5. The fourth-order valence-electron chi connectivity index (χ4n) is 3.00. The number of aliphatic hydroxyl groups is 1. The lowest BCUT2D eigenvalue weighted by molar-refractivity contribution is -0.123. The average molecular weight is 304 g/mol. The molecule has 0 bridgehead atoms. The van der Waals surface area contributed by atoms with Gasteiger partial charge in [-0.1, -0.05) is 31.5 Å². The molecule has 0 radical (unpaired) electrons. The number of carbonyl (C=O) groups excluding carboxylic acids is 2. The number of carbonyl (C=O) groups is 2. The Morgan fingerprint density at radius 1 is 1.36 bits per heavy atom. The van der Waals surface area contributed by atoms with Crippen molar-refractivity contribution in [3.63, 3.8) is 0 Å². The maximum Gasteiger partial charge on any atom is 0.254 e. The van der Waals surface area contributed by atoms with Crippen LogP contribution in [0.25, 0.3) is 0 Å². The molecule has 0 aliphatic heterocycles. The molecule has 1 fully saturated rings. The largest absolute Gasteiger partial charge is 0.396 e. The smallest absolute Gasteiger partial charge is 0.254 e. The van der Waals surface area contributed by atoms with Crippen molar-refractivity contribution < 1.29 is 14.7 Å². The van der Waals surface area contributed by atoms with Crippen molar-refractivity contribution in [2.45, 2.75) is 32.2 Å². The van der Waals surface area contributed by atoms with Gasteiger partial charge in [0.1, 0.15) is 0 Å². The lowest BCUT2D eigenvalue weighted by Gasteiger charge is -2.30. The molecular weight excluding hydrogens is 280 g/mol. The van der Waals surface area contributed by atoms with Crippen LogP contribution in [-0.2, 0) is 4.79 Å². The van der Waals surface area contributed by atoms with E-state index in [0.29, 0.717) is 5.56 Å². The standard InChI is InChI=1S/C17H24N2O3/c1-17(12-20)10-6-9-14(17)18-15(21)11-19(2)16(22)13-7-4-3-5-8-13/h3-5,7-8,14,20H,6,9-12H2,1-2H3,(H,18,21). The van der Waals surface area contributed by atoms with E-state index >= 15 is 0 Å². The van der Waals surface area contributed by atoms with Gasteiger partial charge in [0.25, 0.3) is 5.91 Å². The number of amides is 2. The number of hydrogen-bond acceptors (Lipinski definition) is 3. The first kappa shape index (κ1) is 16.5. The molecule has 0 heterocycles. The second kappa shape index (κ2) is 6.92. The van der Waals surface area contributed by atoms with Crippen molar-refractivity contribution in [1.29, 1.82) is 0 Å². The second-order valence-electron chi connectivity index (χ2n) is 6.35. The zero-order valence-electron chi connectivity index (χ0n) is 13.2. The summed E-state index contributed by atoms with van der Waals surface area (Å²) in [6.07, 6.45) is 2.78. The third kappa shape index (κ3) is 3.65. The van der Waals surface area contributed by atoms with E-state index in [1.54, 1.807) is 31.3 Å². The number of likely N-dealkylation sites (N-methyl/N-ethyl adjacent to an activating group) is 1. The van der Waals surface area contributed by atoms with Crippen molar-refractivity contribution in [2.75, 3.05) is 20.2 Å². The minimum atomic E-state index is -0.252. The van der Waals surface area contributed by atoms with Crippen LogP contribution in [0, 0.1) is 5.41 Å². The van der Waals surface area contributed by atoms with E-state index < -0.39 is 0 Å². The molecule has 1 aromatic rings. The van der Waals surface area contributed by atoms with E-state index in [0.717, 1.165) is 19.3 Å². The summed E-state index contributed by atoms with van der Waals surface area (Å²) in [7, 11) is 1.62. The van der Waals surface area contributed by atoms with Crippen molar-refractivity contribution in [3.8, 4) is 0 Å². The second-order valence-corrected chi connectivity index (χ2v) is 6.35. The lowest BCUT2D eigenvalue weighted by atomic mass is 9.86. The van der Waals surface area contributed by atoms with Gasteiger partial charge in [-0.05, 0) is 25.0 Å². The highest BCUT2D eigenvalue weighted by Crippen LogP contribution is 2.37. The Morgan fingerprint density at radius 2 is 2.05 bits per heavy atom. The third-order valence-electron chi connectivity index (χ3n) is 4.53. The lowest BCUT2D eigenvalue weighted by Crippen LogP contribution is -2.48. The van der Waals surface area contributed by atoms with Crippen LogP contribution in [0.3, 0.4) is 0 Å². The van der Waals surface area contributed by atoms with Crippen LogP contribution in [-0.4, -0.2) is 48.1 Å². The van der Waals surface area contributed by atoms with Gasteiger partial charge < -0.3 is 15.3 Å². The number of nitrogens with one attached hydrogen (secondary N) is 1. The molecule has 1 aliphatic carbocycles. The Balaban J connectivity index is 1.90. The first-order chi connectivity index (χ1) is 10.5. The van der Waals surface area contributed by atoms with Crippen LogP contribution in [0.15, 0.2) is 30.3 Å². The Kier molecular flexibility index (Phi) is 5.19. The monoisotopic (exact) mass is 304 g/mol. The molecule has 0 aromatic heterocycles. The van der Waals surface area contributed by atoms with Gasteiger partial charge in [-0.3, -0.25) is 9.59 Å². The van der Waals surface area contributed by atoms with Crippen LogP contribution in [0.4, 0.5) is 0 Å². The van der Waals surface area contributed by atoms with Crippen LogP contribution >= 0.6 is 0 Å². The molecule has 22 heavy (non-hydrogen) atoms. The van der Waals surface area contributed by atoms with Crippen LogP contribution in [0.5, 0.6) is 0 Å². The first-order valence-corrected chi connectivity index (χ1v) is 7.67. The summed E-state index contributed by atoms with van der Waals surface area (Å²) in [4.78, 5) is 25.8. The van der Waals surface area contributed by atoms with E-state index in [2.05, 4.69) is 5.32 Å². The summed E-state index contributed by atoms with van der Waals surface area (Å²) in [6, 6.07) is 8.88. The molecule has 0 saturated heterocycles. The van der Waals surface area contributed by atoms with E-state index in [4.69, 9.17) is 0 Å². The van der Waals surface area contributed by atoms with Crippen molar-refractivity contribution in [2.24, 2.45) is 5.41 Å². The molecule has 2 amide bonds. The predicted octanol–water partition coefficient (Wildman–Crippen LogP) is 1.43. The van der Waals surface area contributed by atoms with Gasteiger partial charge >= 0.3 is 0 Å². The predicted molar refractivity (Wildman–Crippen MR) is 84.4 cm³/mol. The third-order valence-corrected chi connectivity index (χ3v) is 4.53. The molecule has 1 aromatic carbocycles. The van der Waals surface area contributed by atoms with E-state index in [-0.39, 0.29) is 36.4 Å². The normalized spacial score (nSPS) is 24.0. The van der Waals surface area contributed by atoms with E-state index in [1.807, 2.05) is 13.0 Å². The zero-order chi connectivity index (χ0) is 16.2. The minimum Gasteiger partial charge on any atom is -0.396 e. The average Bonchev–Trinajstić information content (AvgIpc) is 2.88. The Bertz CT molecular complexity index is 532. The fraction of sp³-hybridized carbons (Fsp3) is 0.529. The topological polar surface area (TPSA) is 69.6 Å². The number of aliphatic hydroxyl groups excluding tert-OH is 1.